The van der Waals surface area contributed by atoms with E-state index in [1.165, 1.54) is 22.9 Å². The van der Waals surface area contributed by atoms with Crippen molar-refractivity contribution in [3.8, 4) is 0 Å². The number of para-hydroxylation sites is 1. The number of halogens is 1. The molecule has 2 heterocycles. The number of pyridine rings is 1. The van der Waals surface area contributed by atoms with Crippen molar-refractivity contribution in [2.45, 2.75) is 6.54 Å². The molecule has 0 bridgehead atoms. The summed E-state index contributed by atoms with van der Waals surface area (Å²) in [5.41, 5.74) is 1.23. The normalized spacial score (nSPS) is 10.8. The first-order valence-electron chi connectivity index (χ1n) is 6.10. The number of Topliss-reactive ketones (excluding diaryl/α,β-unsaturated/α-hetero) is 1. The molecule has 0 unspecified atom stereocenters. The van der Waals surface area contributed by atoms with Gasteiger partial charge in [0.1, 0.15) is 0 Å². The number of H-pyrrole nitrogens is 1. The Morgan fingerprint density at radius 1 is 1.20 bits per heavy atom. The van der Waals surface area contributed by atoms with Crippen molar-refractivity contribution in [1.29, 1.82) is 0 Å². The fourth-order valence-corrected chi connectivity index (χ4v) is 2.35. The maximum Gasteiger partial charge on any atom is 0.251 e. The molecule has 2 aromatic heterocycles. The third-order valence-electron chi connectivity index (χ3n) is 3.15. The van der Waals surface area contributed by atoms with Crippen LogP contribution in [-0.4, -0.2) is 15.3 Å². The van der Waals surface area contributed by atoms with Gasteiger partial charge in [0.2, 0.25) is 0 Å². The number of carbonyl (C=O) groups is 1. The van der Waals surface area contributed by atoms with E-state index in [-0.39, 0.29) is 17.9 Å². The Bertz CT molecular complexity index is 848. The molecule has 0 saturated heterocycles. The van der Waals surface area contributed by atoms with Gasteiger partial charge in [0.05, 0.1) is 11.6 Å². The Labute approximate surface area is 119 Å². The second-order valence-corrected chi connectivity index (χ2v) is 4.92. The molecule has 0 radical (unpaired) electrons. The van der Waals surface area contributed by atoms with Crippen molar-refractivity contribution in [3.63, 3.8) is 0 Å². The first kappa shape index (κ1) is 12.7. The van der Waals surface area contributed by atoms with Crippen molar-refractivity contribution in [2.75, 3.05) is 0 Å². The van der Waals surface area contributed by atoms with Gasteiger partial charge in [0.25, 0.3) is 5.56 Å². The summed E-state index contributed by atoms with van der Waals surface area (Å²) in [6, 6.07) is 10.4. The molecule has 0 atom stereocenters. The fraction of sp³-hybridized carbons (Fsp3) is 0.0667. The van der Waals surface area contributed by atoms with Crippen LogP contribution in [0, 0.1) is 0 Å². The number of fused-ring (bicyclic) bond motifs is 1. The predicted molar refractivity (Wildman–Crippen MR) is 78.3 cm³/mol. The molecule has 3 aromatic rings. The van der Waals surface area contributed by atoms with Gasteiger partial charge in [0, 0.05) is 34.9 Å². The van der Waals surface area contributed by atoms with E-state index in [2.05, 4.69) is 4.98 Å². The standard InChI is InChI=1S/C15H11ClN2O2/c16-10-5-6-15(20)18(8-10)9-14(19)12-7-17-13-4-2-1-3-11(12)13/h1-8,17H,9H2. The minimum atomic E-state index is -0.248. The number of carbonyl (C=O) groups excluding carboxylic acids is 1. The number of benzene rings is 1. The summed E-state index contributed by atoms with van der Waals surface area (Å²) in [6.45, 7) is -0.0265. The highest BCUT2D eigenvalue weighted by Gasteiger charge is 2.12. The van der Waals surface area contributed by atoms with Crippen LogP contribution in [0.15, 0.2) is 53.6 Å². The van der Waals surface area contributed by atoms with Crippen LogP contribution in [0.5, 0.6) is 0 Å². The molecule has 0 aliphatic carbocycles. The van der Waals surface area contributed by atoms with Crippen LogP contribution in [0.25, 0.3) is 10.9 Å². The first-order valence-corrected chi connectivity index (χ1v) is 6.48. The lowest BCUT2D eigenvalue weighted by molar-refractivity contribution is 0.0972. The molecule has 20 heavy (non-hydrogen) atoms. The summed E-state index contributed by atoms with van der Waals surface area (Å²) in [7, 11) is 0. The molecular weight excluding hydrogens is 276 g/mol. The van der Waals surface area contributed by atoms with Gasteiger partial charge in [-0.25, -0.2) is 0 Å². The number of nitrogens with zero attached hydrogens (tertiary/aromatic N) is 1. The molecule has 5 heteroatoms. The molecule has 1 N–H and O–H groups in total. The number of aromatic amines is 1. The van der Waals surface area contributed by atoms with Gasteiger partial charge >= 0.3 is 0 Å². The quantitative estimate of drug-likeness (QED) is 0.753. The van der Waals surface area contributed by atoms with Crippen molar-refractivity contribution < 1.29 is 4.79 Å². The molecule has 0 aliphatic heterocycles. The lowest BCUT2D eigenvalue weighted by Gasteiger charge is -2.04. The van der Waals surface area contributed by atoms with Crippen molar-refractivity contribution in [2.24, 2.45) is 0 Å². The second-order valence-electron chi connectivity index (χ2n) is 4.48. The molecule has 0 saturated carbocycles. The molecule has 100 valence electrons. The average Bonchev–Trinajstić information content (AvgIpc) is 2.87. The molecule has 3 rings (SSSR count). The van der Waals surface area contributed by atoms with Crippen LogP contribution in [0.3, 0.4) is 0 Å². The van der Waals surface area contributed by atoms with Gasteiger partial charge < -0.3 is 9.55 Å². The maximum atomic E-state index is 12.3. The SMILES string of the molecule is O=C(Cn1cc(Cl)ccc1=O)c1c[nH]c2ccccc12. The highest BCUT2D eigenvalue weighted by atomic mass is 35.5. The van der Waals surface area contributed by atoms with Crippen LogP contribution < -0.4 is 5.56 Å². The van der Waals surface area contributed by atoms with Crippen LogP contribution >= 0.6 is 11.6 Å². The van der Waals surface area contributed by atoms with E-state index in [1.807, 2.05) is 24.3 Å². The zero-order valence-corrected chi connectivity index (χ0v) is 11.2. The molecule has 0 aliphatic rings. The number of rotatable bonds is 3. The molecule has 4 nitrogen and oxygen atoms in total. The lowest BCUT2D eigenvalue weighted by atomic mass is 10.1. The van der Waals surface area contributed by atoms with Gasteiger partial charge in [-0.15, -0.1) is 0 Å². The number of hydrogen-bond acceptors (Lipinski definition) is 2. The van der Waals surface area contributed by atoms with E-state index in [4.69, 9.17) is 11.6 Å². The van der Waals surface area contributed by atoms with E-state index < -0.39 is 0 Å². The second kappa shape index (κ2) is 4.98. The van der Waals surface area contributed by atoms with Crippen molar-refractivity contribution in [1.82, 2.24) is 9.55 Å². The van der Waals surface area contributed by atoms with Crippen molar-refractivity contribution >= 4 is 28.3 Å². The minimum absolute atomic E-state index is 0.0265. The lowest BCUT2D eigenvalue weighted by Crippen LogP contribution is -2.22. The van der Waals surface area contributed by atoms with E-state index in [0.29, 0.717) is 10.6 Å². The van der Waals surface area contributed by atoms with Gasteiger partial charge in [-0.05, 0) is 12.1 Å². The van der Waals surface area contributed by atoms with Gasteiger partial charge in [-0.1, -0.05) is 29.8 Å². The zero-order valence-electron chi connectivity index (χ0n) is 10.5. The Morgan fingerprint density at radius 3 is 2.85 bits per heavy atom. The third kappa shape index (κ3) is 2.26. The van der Waals surface area contributed by atoms with Crippen LogP contribution in [0.4, 0.5) is 0 Å². The predicted octanol–water partition coefficient (Wildman–Crippen LogP) is 2.87. The van der Waals surface area contributed by atoms with Gasteiger partial charge in [0.15, 0.2) is 5.78 Å². The molecule has 1 aromatic carbocycles. The highest BCUT2D eigenvalue weighted by molar-refractivity contribution is 6.30. The maximum absolute atomic E-state index is 12.3. The average molecular weight is 287 g/mol. The van der Waals surface area contributed by atoms with Crippen LogP contribution in [0.1, 0.15) is 10.4 Å². The fourth-order valence-electron chi connectivity index (χ4n) is 2.17. The molecule has 0 fully saturated rings. The largest absolute Gasteiger partial charge is 0.360 e. The summed E-state index contributed by atoms with van der Waals surface area (Å²) in [6.07, 6.45) is 3.14. The van der Waals surface area contributed by atoms with E-state index in [9.17, 15) is 9.59 Å². The molecule has 0 spiro atoms. The van der Waals surface area contributed by atoms with Gasteiger partial charge in [-0.2, -0.15) is 0 Å². The summed E-state index contributed by atoms with van der Waals surface area (Å²) in [4.78, 5) is 27.1. The van der Waals surface area contributed by atoms with E-state index in [0.717, 1.165) is 10.9 Å². The highest BCUT2D eigenvalue weighted by Crippen LogP contribution is 2.18. The zero-order chi connectivity index (χ0) is 14.1. The summed E-state index contributed by atoms with van der Waals surface area (Å²) in [5, 5.41) is 1.28. The van der Waals surface area contributed by atoms with Gasteiger partial charge in [-0.3, -0.25) is 9.59 Å². The smallest absolute Gasteiger partial charge is 0.251 e. The Balaban J connectivity index is 1.97. The van der Waals surface area contributed by atoms with Crippen molar-refractivity contribution in [3.05, 3.63) is 69.7 Å². The van der Waals surface area contributed by atoms with Crippen LogP contribution in [0.2, 0.25) is 5.02 Å². The first-order chi connectivity index (χ1) is 9.65. The minimum Gasteiger partial charge on any atom is -0.360 e. The molecule has 0 amide bonds. The van der Waals surface area contributed by atoms with E-state index >= 15 is 0 Å². The topological polar surface area (TPSA) is 54.9 Å². The van der Waals surface area contributed by atoms with Crippen LogP contribution in [-0.2, 0) is 6.54 Å². The Kier molecular flexibility index (Phi) is 3.16. The number of hydrogen-bond donors (Lipinski definition) is 1. The number of aromatic nitrogens is 2. The summed E-state index contributed by atoms with van der Waals surface area (Å²) >= 11 is 5.84. The van der Waals surface area contributed by atoms with E-state index in [1.54, 1.807) is 6.20 Å². The number of ketones is 1. The Morgan fingerprint density at radius 2 is 2.00 bits per heavy atom. The molecular formula is C15H11ClN2O2. The monoisotopic (exact) mass is 286 g/mol. The number of nitrogens with one attached hydrogen (secondary N) is 1. The Hall–Kier alpha value is -2.33. The summed E-state index contributed by atoms with van der Waals surface area (Å²) in [5.74, 6) is -0.133. The summed E-state index contributed by atoms with van der Waals surface area (Å²) < 4.78 is 1.31. The third-order valence-corrected chi connectivity index (χ3v) is 3.37.